The van der Waals surface area contributed by atoms with Crippen molar-refractivity contribution in [2.24, 2.45) is 5.92 Å². The zero-order valence-electron chi connectivity index (χ0n) is 11.5. The highest BCUT2D eigenvalue weighted by molar-refractivity contribution is 4.81. The van der Waals surface area contributed by atoms with E-state index in [1.54, 1.807) is 0 Å². The molecule has 5 heteroatoms. The molecule has 0 aromatic heterocycles. The molecule has 0 spiro atoms. The Morgan fingerprint density at radius 1 is 1.39 bits per heavy atom. The van der Waals surface area contributed by atoms with E-state index in [0.717, 1.165) is 32.5 Å². The van der Waals surface area contributed by atoms with Crippen molar-refractivity contribution >= 4 is 0 Å². The minimum atomic E-state index is -3.00. The van der Waals surface area contributed by atoms with Gasteiger partial charge in [-0.25, -0.2) is 8.78 Å². The van der Waals surface area contributed by atoms with Gasteiger partial charge in [-0.05, 0) is 51.7 Å². The highest BCUT2D eigenvalue weighted by Gasteiger charge is 2.30. The van der Waals surface area contributed by atoms with Crippen molar-refractivity contribution in [1.29, 1.82) is 0 Å². The average molecular weight is 264 g/mol. The van der Waals surface area contributed by atoms with Crippen molar-refractivity contribution in [3.8, 4) is 0 Å². The number of nitrogens with one attached hydrogen (secondary N) is 1. The molecule has 3 nitrogen and oxygen atoms in total. The number of aliphatic hydroxyl groups excluding tert-OH is 1. The number of hydrogen-bond donors (Lipinski definition) is 2. The quantitative estimate of drug-likeness (QED) is 0.735. The van der Waals surface area contributed by atoms with Crippen LogP contribution in [0.2, 0.25) is 0 Å². The maximum Gasteiger partial charge on any atom is 0.282 e. The summed E-state index contributed by atoms with van der Waals surface area (Å²) in [6.45, 7) is 5.90. The molecule has 0 bridgehead atoms. The number of rotatable bonds is 7. The molecule has 0 saturated carbocycles. The summed E-state index contributed by atoms with van der Waals surface area (Å²) >= 11 is 0. The van der Waals surface area contributed by atoms with Gasteiger partial charge >= 0.3 is 0 Å². The van der Waals surface area contributed by atoms with E-state index in [0.29, 0.717) is 5.92 Å². The molecule has 0 aromatic carbocycles. The molecule has 1 unspecified atom stereocenters. The zero-order valence-corrected chi connectivity index (χ0v) is 11.5. The number of nitrogens with zero attached hydrogens (tertiary/aromatic N) is 1. The summed E-state index contributed by atoms with van der Waals surface area (Å²) in [5.41, 5.74) is 0. The molecule has 0 aliphatic carbocycles. The SMILES string of the molecule is CCCN1CCC(C(C)NCC(F)(F)CO)CC1. The third-order valence-corrected chi connectivity index (χ3v) is 3.79. The van der Waals surface area contributed by atoms with Crippen molar-refractivity contribution in [1.82, 2.24) is 10.2 Å². The second kappa shape index (κ2) is 7.36. The van der Waals surface area contributed by atoms with Crippen LogP contribution in [0.25, 0.3) is 0 Å². The summed E-state index contributed by atoms with van der Waals surface area (Å²) in [5.74, 6) is -2.54. The van der Waals surface area contributed by atoms with Crippen molar-refractivity contribution in [3.63, 3.8) is 0 Å². The highest BCUT2D eigenvalue weighted by atomic mass is 19.3. The van der Waals surface area contributed by atoms with Crippen molar-refractivity contribution in [2.75, 3.05) is 32.8 Å². The van der Waals surface area contributed by atoms with Gasteiger partial charge in [-0.2, -0.15) is 0 Å². The molecule has 1 heterocycles. The van der Waals surface area contributed by atoms with E-state index in [4.69, 9.17) is 5.11 Å². The number of aliphatic hydroxyl groups is 1. The van der Waals surface area contributed by atoms with Gasteiger partial charge in [0.15, 0.2) is 0 Å². The van der Waals surface area contributed by atoms with E-state index < -0.39 is 19.1 Å². The van der Waals surface area contributed by atoms with Crippen molar-refractivity contribution in [3.05, 3.63) is 0 Å². The molecular weight excluding hydrogens is 238 g/mol. The first-order valence-electron chi connectivity index (χ1n) is 6.93. The lowest BCUT2D eigenvalue weighted by Crippen LogP contribution is -2.46. The van der Waals surface area contributed by atoms with Crippen LogP contribution in [0.15, 0.2) is 0 Å². The van der Waals surface area contributed by atoms with Crippen LogP contribution in [0, 0.1) is 5.92 Å². The third-order valence-electron chi connectivity index (χ3n) is 3.79. The number of piperidine rings is 1. The second-order valence-electron chi connectivity index (χ2n) is 5.36. The summed E-state index contributed by atoms with van der Waals surface area (Å²) in [5, 5.41) is 11.4. The molecule has 0 radical (unpaired) electrons. The van der Waals surface area contributed by atoms with Gasteiger partial charge in [0.2, 0.25) is 0 Å². The van der Waals surface area contributed by atoms with Crippen LogP contribution < -0.4 is 5.32 Å². The predicted molar refractivity (Wildman–Crippen MR) is 69.0 cm³/mol. The van der Waals surface area contributed by atoms with E-state index in [1.807, 2.05) is 6.92 Å². The molecule has 18 heavy (non-hydrogen) atoms. The van der Waals surface area contributed by atoms with E-state index >= 15 is 0 Å². The summed E-state index contributed by atoms with van der Waals surface area (Å²) in [4.78, 5) is 2.44. The smallest absolute Gasteiger partial charge is 0.282 e. The fraction of sp³-hybridized carbons (Fsp3) is 1.00. The van der Waals surface area contributed by atoms with Crippen LogP contribution in [0.1, 0.15) is 33.1 Å². The Bertz CT molecular complexity index is 231. The maximum absolute atomic E-state index is 12.9. The Labute approximate surface area is 109 Å². The minimum absolute atomic E-state index is 0.0891. The number of hydrogen-bond acceptors (Lipinski definition) is 3. The van der Waals surface area contributed by atoms with Crippen LogP contribution >= 0.6 is 0 Å². The fourth-order valence-corrected chi connectivity index (χ4v) is 2.53. The molecule has 1 saturated heterocycles. The van der Waals surface area contributed by atoms with Gasteiger partial charge in [0, 0.05) is 6.04 Å². The topological polar surface area (TPSA) is 35.5 Å². The predicted octanol–water partition coefficient (Wildman–Crippen LogP) is 1.71. The standard InChI is InChI=1S/C13H26F2N2O/c1-3-6-17-7-4-12(5-8-17)11(2)16-9-13(14,15)10-18/h11-12,16,18H,3-10H2,1-2H3. The molecular formula is C13H26F2N2O. The van der Waals surface area contributed by atoms with Gasteiger partial charge < -0.3 is 15.3 Å². The van der Waals surface area contributed by atoms with Gasteiger partial charge in [-0.15, -0.1) is 0 Å². The number of alkyl halides is 2. The molecule has 0 amide bonds. The third kappa shape index (κ3) is 5.16. The Morgan fingerprint density at radius 3 is 2.50 bits per heavy atom. The molecule has 2 N–H and O–H groups in total. The van der Waals surface area contributed by atoms with E-state index in [9.17, 15) is 8.78 Å². The molecule has 1 fully saturated rings. The van der Waals surface area contributed by atoms with Gasteiger partial charge in [-0.1, -0.05) is 6.92 Å². The van der Waals surface area contributed by atoms with Crippen molar-refractivity contribution in [2.45, 2.75) is 45.1 Å². The molecule has 1 aliphatic rings. The van der Waals surface area contributed by atoms with Crippen LogP contribution in [-0.4, -0.2) is 54.8 Å². The minimum Gasteiger partial charge on any atom is -0.390 e. The summed E-state index contributed by atoms with van der Waals surface area (Å²) in [6.07, 6.45) is 3.30. The van der Waals surface area contributed by atoms with E-state index in [2.05, 4.69) is 17.1 Å². The molecule has 108 valence electrons. The largest absolute Gasteiger partial charge is 0.390 e. The Morgan fingerprint density at radius 2 is 2.00 bits per heavy atom. The average Bonchev–Trinajstić information content (AvgIpc) is 2.37. The summed E-state index contributed by atoms with van der Waals surface area (Å²) in [7, 11) is 0. The van der Waals surface area contributed by atoms with Crippen LogP contribution in [0.4, 0.5) is 8.78 Å². The number of likely N-dealkylation sites (tertiary alicyclic amines) is 1. The first-order chi connectivity index (χ1) is 8.48. The van der Waals surface area contributed by atoms with E-state index in [-0.39, 0.29) is 6.04 Å². The molecule has 0 aromatic rings. The van der Waals surface area contributed by atoms with Gasteiger partial charge in [0.05, 0.1) is 6.54 Å². The first-order valence-corrected chi connectivity index (χ1v) is 6.93. The summed E-state index contributed by atoms with van der Waals surface area (Å²) in [6, 6.07) is 0.0891. The zero-order chi connectivity index (χ0) is 13.6. The lowest BCUT2D eigenvalue weighted by molar-refractivity contribution is -0.0506. The van der Waals surface area contributed by atoms with Crippen LogP contribution in [0.5, 0.6) is 0 Å². The monoisotopic (exact) mass is 264 g/mol. The van der Waals surface area contributed by atoms with Crippen molar-refractivity contribution < 1.29 is 13.9 Å². The van der Waals surface area contributed by atoms with Gasteiger partial charge in [0.25, 0.3) is 5.92 Å². The number of halogens is 2. The van der Waals surface area contributed by atoms with Crippen LogP contribution in [0.3, 0.4) is 0 Å². The Balaban J connectivity index is 2.25. The first kappa shape index (κ1) is 15.8. The Kier molecular flexibility index (Phi) is 6.46. The highest BCUT2D eigenvalue weighted by Crippen LogP contribution is 2.21. The second-order valence-corrected chi connectivity index (χ2v) is 5.36. The molecule has 1 aliphatic heterocycles. The fourth-order valence-electron chi connectivity index (χ4n) is 2.53. The van der Waals surface area contributed by atoms with Gasteiger partial charge in [-0.3, -0.25) is 0 Å². The molecule has 1 atom stereocenters. The lowest BCUT2D eigenvalue weighted by atomic mass is 9.90. The normalized spacial score (nSPS) is 21.2. The van der Waals surface area contributed by atoms with Gasteiger partial charge in [0.1, 0.15) is 6.61 Å². The molecule has 1 rings (SSSR count). The Hall–Kier alpha value is -0.260. The summed E-state index contributed by atoms with van der Waals surface area (Å²) < 4.78 is 25.8. The van der Waals surface area contributed by atoms with Crippen LogP contribution in [-0.2, 0) is 0 Å². The van der Waals surface area contributed by atoms with E-state index in [1.165, 1.54) is 6.42 Å². The maximum atomic E-state index is 12.9. The lowest BCUT2D eigenvalue weighted by Gasteiger charge is -2.35.